The first-order valence-electron chi connectivity index (χ1n) is 7.42. The molecule has 0 saturated carbocycles. The lowest BCUT2D eigenvalue weighted by atomic mass is 9.78. The van der Waals surface area contributed by atoms with Gasteiger partial charge in [-0.3, -0.25) is 0 Å². The Bertz CT molecular complexity index is 507. The van der Waals surface area contributed by atoms with Crippen LogP contribution in [-0.4, -0.2) is 37.2 Å². The van der Waals surface area contributed by atoms with Crippen LogP contribution in [0.4, 0.5) is 4.39 Å². The highest BCUT2D eigenvalue weighted by atomic mass is 19.1. The van der Waals surface area contributed by atoms with Gasteiger partial charge in [-0.1, -0.05) is 24.3 Å². The van der Waals surface area contributed by atoms with Crippen LogP contribution in [0.25, 0.3) is 0 Å². The average Bonchev–Trinajstić information content (AvgIpc) is 2.57. The zero-order valence-corrected chi connectivity index (χ0v) is 13.1. The molecule has 2 heterocycles. The molecule has 0 aromatic heterocycles. The van der Waals surface area contributed by atoms with Gasteiger partial charge in [0.15, 0.2) is 5.67 Å². The summed E-state index contributed by atoms with van der Waals surface area (Å²) in [5, 5.41) is 0. The fourth-order valence-electron chi connectivity index (χ4n) is 2.56. The van der Waals surface area contributed by atoms with Crippen LogP contribution >= 0.6 is 0 Å². The number of halogens is 1. The normalized spacial score (nSPS) is 25.7. The van der Waals surface area contributed by atoms with Crippen molar-refractivity contribution in [2.75, 3.05) is 13.2 Å². The van der Waals surface area contributed by atoms with E-state index in [1.165, 1.54) is 0 Å². The van der Waals surface area contributed by atoms with E-state index in [0.29, 0.717) is 6.42 Å². The summed E-state index contributed by atoms with van der Waals surface area (Å²) in [6.07, 6.45) is 0.399. The molecule has 3 nitrogen and oxygen atoms in total. The monoisotopic (exact) mass is 292 g/mol. The molecular weight excluding hydrogens is 270 g/mol. The Morgan fingerprint density at radius 1 is 1.00 bits per heavy atom. The first kappa shape index (κ1) is 15.0. The third-order valence-electron chi connectivity index (χ3n) is 4.75. The maximum atomic E-state index is 14.0. The van der Waals surface area contributed by atoms with E-state index in [1.54, 1.807) is 0 Å². The van der Waals surface area contributed by atoms with Crippen LogP contribution < -0.4 is 5.46 Å². The first-order chi connectivity index (χ1) is 9.71. The van der Waals surface area contributed by atoms with E-state index >= 15 is 0 Å². The molecular formula is C16H22BFO3. The van der Waals surface area contributed by atoms with Crippen molar-refractivity contribution < 1.29 is 18.4 Å². The Morgan fingerprint density at radius 2 is 1.52 bits per heavy atom. The fourth-order valence-corrected chi connectivity index (χ4v) is 2.56. The third-order valence-corrected chi connectivity index (χ3v) is 4.75. The number of rotatable bonds is 3. The van der Waals surface area contributed by atoms with Crippen molar-refractivity contribution in [1.29, 1.82) is 0 Å². The predicted octanol–water partition coefficient (Wildman–Crippen LogP) is 2.27. The van der Waals surface area contributed by atoms with Crippen molar-refractivity contribution in [1.82, 2.24) is 0 Å². The van der Waals surface area contributed by atoms with Crippen molar-refractivity contribution in [3.63, 3.8) is 0 Å². The van der Waals surface area contributed by atoms with Crippen LogP contribution in [0.5, 0.6) is 0 Å². The third kappa shape index (κ3) is 2.74. The molecule has 21 heavy (non-hydrogen) atoms. The second-order valence-corrected chi connectivity index (χ2v) is 7.15. The number of hydrogen-bond acceptors (Lipinski definition) is 3. The van der Waals surface area contributed by atoms with Gasteiger partial charge in [0.1, 0.15) is 0 Å². The molecule has 1 aromatic rings. The molecule has 114 valence electrons. The summed E-state index contributed by atoms with van der Waals surface area (Å²) in [4.78, 5) is 0. The lowest BCUT2D eigenvalue weighted by Gasteiger charge is -2.33. The van der Waals surface area contributed by atoms with Gasteiger partial charge in [-0.15, -0.1) is 0 Å². The van der Waals surface area contributed by atoms with Gasteiger partial charge < -0.3 is 14.0 Å². The van der Waals surface area contributed by atoms with Gasteiger partial charge in [0.2, 0.25) is 0 Å². The smallest absolute Gasteiger partial charge is 0.399 e. The predicted molar refractivity (Wildman–Crippen MR) is 80.5 cm³/mol. The van der Waals surface area contributed by atoms with Gasteiger partial charge in [0.05, 0.1) is 24.4 Å². The molecule has 0 spiro atoms. The van der Waals surface area contributed by atoms with E-state index in [4.69, 9.17) is 14.0 Å². The summed E-state index contributed by atoms with van der Waals surface area (Å²) in [6.45, 7) is 8.53. The minimum absolute atomic E-state index is 0.200. The molecule has 0 unspecified atom stereocenters. The number of hydrogen-bond donors (Lipinski definition) is 0. The standard InChI is InChI=1S/C16H22BFO3/c1-14(2)15(3,4)21-17(20-14)13-7-5-12(6-8-13)9-16(18)10-19-11-16/h5-8H,9-11H2,1-4H3. The zero-order chi connectivity index (χ0) is 15.3. The van der Waals surface area contributed by atoms with Gasteiger partial charge in [-0.05, 0) is 38.7 Å². The molecule has 2 saturated heterocycles. The topological polar surface area (TPSA) is 27.7 Å². The van der Waals surface area contributed by atoms with E-state index in [2.05, 4.69) is 0 Å². The van der Waals surface area contributed by atoms with Crippen LogP contribution in [0.3, 0.4) is 0 Å². The van der Waals surface area contributed by atoms with Crippen molar-refractivity contribution in [2.24, 2.45) is 0 Å². The average molecular weight is 292 g/mol. The minimum atomic E-state index is -1.19. The molecule has 2 aliphatic rings. The summed E-state index contributed by atoms with van der Waals surface area (Å²) in [7, 11) is -0.365. The van der Waals surface area contributed by atoms with Gasteiger partial charge in [-0.25, -0.2) is 4.39 Å². The van der Waals surface area contributed by atoms with E-state index in [1.807, 2.05) is 52.0 Å². The molecule has 2 fully saturated rings. The summed E-state index contributed by atoms with van der Waals surface area (Å²) in [6, 6.07) is 7.81. The van der Waals surface area contributed by atoms with Gasteiger partial charge >= 0.3 is 7.12 Å². The number of ether oxygens (including phenoxy) is 1. The lowest BCUT2D eigenvalue weighted by Crippen LogP contribution is -2.47. The molecule has 0 amide bonds. The van der Waals surface area contributed by atoms with Gasteiger partial charge in [-0.2, -0.15) is 0 Å². The van der Waals surface area contributed by atoms with Crippen LogP contribution in [0.15, 0.2) is 24.3 Å². The molecule has 2 aliphatic heterocycles. The van der Waals surface area contributed by atoms with Crippen LogP contribution in [0.2, 0.25) is 0 Å². The van der Waals surface area contributed by atoms with E-state index in [9.17, 15) is 4.39 Å². The van der Waals surface area contributed by atoms with Crippen molar-refractivity contribution >= 4 is 12.6 Å². The van der Waals surface area contributed by atoms with E-state index in [-0.39, 0.29) is 31.5 Å². The quantitative estimate of drug-likeness (QED) is 0.800. The first-order valence-corrected chi connectivity index (χ1v) is 7.42. The highest BCUT2D eigenvalue weighted by Crippen LogP contribution is 2.36. The van der Waals surface area contributed by atoms with Crippen molar-refractivity contribution in [3.05, 3.63) is 29.8 Å². The van der Waals surface area contributed by atoms with Gasteiger partial charge in [0, 0.05) is 6.42 Å². The highest BCUT2D eigenvalue weighted by molar-refractivity contribution is 6.62. The number of benzene rings is 1. The maximum absolute atomic E-state index is 14.0. The summed E-state index contributed by atoms with van der Waals surface area (Å²) in [5.41, 5.74) is 0.0630. The fraction of sp³-hybridized carbons (Fsp3) is 0.625. The van der Waals surface area contributed by atoms with E-state index < -0.39 is 5.67 Å². The Kier molecular flexibility index (Phi) is 3.43. The Hall–Kier alpha value is -0.905. The van der Waals surface area contributed by atoms with Gasteiger partial charge in [0.25, 0.3) is 0 Å². The minimum Gasteiger partial charge on any atom is -0.399 e. The molecule has 0 aliphatic carbocycles. The Labute approximate surface area is 125 Å². The molecule has 3 rings (SSSR count). The van der Waals surface area contributed by atoms with Crippen LogP contribution in [0.1, 0.15) is 33.3 Å². The van der Waals surface area contributed by atoms with E-state index in [0.717, 1.165) is 11.0 Å². The van der Waals surface area contributed by atoms with Crippen molar-refractivity contribution in [3.8, 4) is 0 Å². The number of alkyl halides is 1. The lowest BCUT2D eigenvalue weighted by molar-refractivity contribution is -0.128. The van der Waals surface area contributed by atoms with Crippen LogP contribution in [-0.2, 0) is 20.5 Å². The largest absolute Gasteiger partial charge is 0.494 e. The Balaban J connectivity index is 1.70. The molecule has 0 atom stereocenters. The molecule has 0 radical (unpaired) electrons. The summed E-state index contributed by atoms with van der Waals surface area (Å²) < 4.78 is 31.0. The molecule has 5 heteroatoms. The van der Waals surface area contributed by atoms with Crippen molar-refractivity contribution in [2.45, 2.75) is 51.0 Å². The molecule has 0 bridgehead atoms. The highest BCUT2D eigenvalue weighted by Gasteiger charge is 2.51. The van der Waals surface area contributed by atoms with Crippen LogP contribution in [0, 0.1) is 0 Å². The SMILES string of the molecule is CC1(C)OB(c2ccc(CC3(F)COC3)cc2)OC1(C)C. The molecule has 1 aromatic carbocycles. The second kappa shape index (κ2) is 4.80. The maximum Gasteiger partial charge on any atom is 0.494 e. The zero-order valence-electron chi connectivity index (χ0n) is 13.1. The Morgan fingerprint density at radius 3 is 1.95 bits per heavy atom. The second-order valence-electron chi connectivity index (χ2n) is 7.15. The molecule has 0 N–H and O–H groups in total. The summed E-state index contributed by atoms with van der Waals surface area (Å²) >= 11 is 0. The summed E-state index contributed by atoms with van der Waals surface area (Å²) in [5.74, 6) is 0.